The average molecular weight is 268 g/mol. The van der Waals surface area contributed by atoms with E-state index < -0.39 is 0 Å². The van der Waals surface area contributed by atoms with Gasteiger partial charge in [0.05, 0.1) is 0 Å². The quantitative estimate of drug-likeness (QED) is 0.664. The van der Waals surface area contributed by atoms with Crippen LogP contribution in [-0.2, 0) is 0 Å². The molecular formula is C18H14F2. The molecule has 0 saturated carbocycles. The highest BCUT2D eigenvalue weighted by Crippen LogP contribution is 2.06. The maximum absolute atomic E-state index is 12.7. The molecule has 0 aromatic heterocycles. The molecular weight excluding hydrogens is 254 g/mol. The van der Waals surface area contributed by atoms with Crippen LogP contribution in [0.25, 0.3) is 12.2 Å². The van der Waals surface area contributed by atoms with Gasteiger partial charge in [0, 0.05) is 0 Å². The minimum absolute atomic E-state index is 0.236. The van der Waals surface area contributed by atoms with Crippen LogP contribution >= 0.6 is 0 Å². The molecule has 2 aromatic carbocycles. The van der Waals surface area contributed by atoms with Crippen LogP contribution in [0.4, 0.5) is 8.78 Å². The van der Waals surface area contributed by atoms with Crippen LogP contribution in [0.2, 0.25) is 0 Å². The van der Waals surface area contributed by atoms with Crippen molar-refractivity contribution in [3.8, 4) is 0 Å². The topological polar surface area (TPSA) is 0 Å². The monoisotopic (exact) mass is 268 g/mol. The van der Waals surface area contributed by atoms with Gasteiger partial charge in [0.2, 0.25) is 0 Å². The fourth-order valence-corrected chi connectivity index (χ4v) is 1.61. The summed E-state index contributed by atoms with van der Waals surface area (Å²) in [6.07, 6.45) is 11.3. The molecule has 2 heteroatoms. The molecule has 2 aromatic rings. The maximum Gasteiger partial charge on any atom is 0.123 e. The summed E-state index contributed by atoms with van der Waals surface area (Å²) in [5, 5.41) is 0. The van der Waals surface area contributed by atoms with Gasteiger partial charge in [0.1, 0.15) is 11.6 Å². The van der Waals surface area contributed by atoms with Gasteiger partial charge in [0.25, 0.3) is 0 Å². The summed E-state index contributed by atoms with van der Waals surface area (Å²) in [6.45, 7) is 0. The first kappa shape index (κ1) is 13.9. The molecule has 0 amide bonds. The zero-order valence-corrected chi connectivity index (χ0v) is 10.8. The SMILES string of the molecule is Fc1ccc(/C=C/C=C/C=C/c2ccc(F)cc2)cc1. The Hall–Kier alpha value is -2.48. The van der Waals surface area contributed by atoms with E-state index in [0.29, 0.717) is 0 Å². The van der Waals surface area contributed by atoms with Gasteiger partial charge in [-0.2, -0.15) is 0 Å². The summed E-state index contributed by atoms with van der Waals surface area (Å²) < 4.78 is 25.4. The fourth-order valence-electron chi connectivity index (χ4n) is 1.61. The van der Waals surface area contributed by atoms with E-state index in [1.165, 1.54) is 24.3 Å². The molecule has 0 fully saturated rings. The Morgan fingerprint density at radius 2 is 0.850 bits per heavy atom. The lowest BCUT2D eigenvalue weighted by molar-refractivity contribution is 0.627. The van der Waals surface area contributed by atoms with Crippen molar-refractivity contribution < 1.29 is 8.78 Å². The number of hydrogen-bond acceptors (Lipinski definition) is 0. The molecule has 0 nitrogen and oxygen atoms in total. The highest BCUT2D eigenvalue weighted by molar-refractivity contribution is 5.53. The molecule has 2 rings (SSSR count). The maximum atomic E-state index is 12.7. The fraction of sp³-hybridized carbons (Fsp3) is 0. The molecule has 0 heterocycles. The first-order valence-electron chi connectivity index (χ1n) is 6.26. The molecule has 20 heavy (non-hydrogen) atoms. The van der Waals surface area contributed by atoms with E-state index in [9.17, 15) is 8.78 Å². The number of hydrogen-bond donors (Lipinski definition) is 0. The van der Waals surface area contributed by atoms with Crippen molar-refractivity contribution in [1.82, 2.24) is 0 Å². The van der Waals surface area contributed by atoms with Crippen LogP contribution in [0.5, 0.6) is 0 Å². The second-order valence-corrected chi connectivity index (χ2v) is 4.21. The van der Waals surface area contributed by atoms with Crippen LogP contribution in [-0.4, -0.2) is 0 Å². The zero-order chi connectivity index (χ0) is 14.2. The van der Waals surface area contributed by atoms with E-state index in [4.69, 9.17) is 0 Å². The number of benzene rings is 2. The third-order valence-corrected chi connectivity index (χ3v) is 2.65. The smallest absolute Gasteiger partial charge is 0.123 e. The molecule has 0 spiro atoms. The van der Waals surface area contributed by atoms with Crippen molar-refractivity contribution in [2.45, 2.75) is 0 Å². The minimum Gasteiger partial charge on any atom is -0.207 e. The standard InChI is InChI=1S/C18H14F2/c19-17-11-7-15(8-12-17)5-3-1-2-4-6-16-9-13-18(20)14-10-16/h1-14H/b2-1+,5-3+,6-4+. The number of rotatable bonds is 4. The Labute approximate surface area is 117 Å². The lowest BCUT2D eigenvalue weighted by Crippen LogP contribution is -1.73. The molecule has 0 radical (unpaired) electrons. The normalized spacial score (nSPS) is 11.9. The molecule has 0 bridgehead atoms. The van der Waals surface area contributed by atoms with Gasteiger partial charge in [-0.25, -0.2) is 8.78 Å². The van der Waals surface area contributed by atoms with E-state index in [1.807, 2.05) is 36.5 Å². The lowest BCUT2D eigenvalue weighted by Gasteiger charge is -1.91. The average Bonchev–Trinajstić information content (AvgIpc) is 2.46. The molecule has 0 aliphatic heterocycles. The Kier molecular flexibility index (Phi) is 5.01. The first-order valence-corrected chi connectivity index (χ1v) is 6.26. The van der Waals surface area contributed by atoms with E-state index in [0.717, 1.165) is 11.1 Å². The van der Waals surface area contributed by atoms with Crippen molar-refractivity contribution in [3.63, 3.8) is 0 Å². The Morgan fingerprint density at radius 1 is 0.500 bits per heavy atom. The molecule has 0 unspecified atom stereocenters. The Bertz CT molecular complexity index is 560. The largest absolute Gasteiger partial charge is 0.207 e. The summed E-state index contributed by atoms with van der Waals surface area (Å²) in [5.41, 5.74) is 1.89. The van der Waals surface area contributed by atoms with Crippen molar-refractivity contribution in [2.24, 2.45) is 0 Å². The van der Waals surface area contributed by atoms with Gasteiger partial charge in [-0.05, 0) is 35.4 Å². The third kappa shape index (κ3) is 4.65. The Morgan fingerprint density at radius 3 is 1.20 bits per heavy atom. The van der Waals surface area contributed by atoms with Crippen molar-refractivity contribution in [3.05, 3.63) is 95.6 Å². The van der Waals surface area contributed by atoms with Crippen LogP contribution in [0, 0.1) is 11.6 Å². The van der Waals surface area contributed by atoms with Gasteiger partial charge < -0.3 is 0 Å². The highest BCUT2D eigenvalue weighted by atomic mass is 19.1. The second-order valence-electron chi connectivity index (χ2n) is 4.21. The van der Waals surface area contributed by atoms with Crippen molar-refractivity contribution >= 4 is 12.2 Å². The van der Waals surface area contributed by atoms with E-state index in [1.54, 1.807) is 24.3 Å². The summed E-state index contributed by atoms with van der Waals surface area (Å²) in [7, 11) is 0. The predicted octanol–water partition coefficient (Wildman–Crippen LogP) is 5.25. The van der Waals surface area contributed by atoms with Gasteiger partial charge in [-0.15, -0.1) is 0 Å². The summed E-state index contributed by atoms with van der Waals surface area (Å²) in [4.78, 5) is 0. The molecule has 0 atom stereocenters. The van der Waals surface area contributed by atoms with E-state index in [-0.39, 0.29) is 11.6 Å². The first-order chi connectivity index (χ1) is 9.74. The van der Waals surface area contributed by atoms with Crippen LogP contribution in [0.3, 0.4) is 0 Å². The molecule has 100 valence electrons. The van der Waals surface area contributed by atoms with Crippen LogP contribution in [0.1, 0.15) is 11.1 Å². The van der Waals surface area contributed by atoms with E-state index in [2.05, 4.69) is 0 Å². The predicted molar refractivity (Wildman–Crippen MR) is 80.0 cm³/mol. The van der Waals surface area contributed by atoms with Gasteiger partial charge in [-0.1, -0.05) is 60.7 Å². The highest BCUT2D eigenvalue weighted by Gasteiger charge is 1.88. The Balaban J connectivity index is 1.87. The van der Waals surface area contributed by atoms with Crippen LogP contribution in [0.15, 0.2) is 72.8 Å². The molecule has 0 N–H and O–H groups in total. The summed E-state index contributed by atoms with van der Waals surface area (Å²) in [5.74, 6) is -0.472. The second kappa shape index (κ2) is 7.19. The molecule has 0 aliphatic rings. The molecule has 0 saturated heterocycles. The van der Waals surface area contributed by atoms with Gasteiger partial charge in [0.15, 0.2) is 0 Å². The zero-order valence-electron chi connectivity index (χ0n) is 10.8. The van der Waals surface area contributed by atoms with Gasteiger partial charge in [-0.3, -0.25) is 0 Å². The van der Waals surface area contributed by atoms with Gasteiger partial charge >= 0.3 is 0 Å². The minimum atomic E-state index is -0.236. The van der Waals surface area contributed by atoms with Crippen molar-refractivity contribution in [1.29, 1.82) is 0 Å². The third-order valence-electron chi connectivity index (χ3n) is 2.65. The number of halogens is 2. The van der Waals surface area contributed by atoms with Crippen LogP contribution < -0.4 is 0 Å². The lowest BCUT2D eigenvalue weighted by atomic mass is 10.2. The summed E-state index contributed by atoms with van der Waals surface area (Å²) >= 11 is 0. The summed E-state index contributed by atoms with van der Waals surface area (Å²) in [6, 6.07) is 12.6. The van der Waals surface area contributed by atoms with E-state index >= 15 is 0 Å². The number of allylic oxidation sites excluding steroid dienone is 4. The molecule has 0 aliphatic carbocycles. The van der Waals surface area contributed by atoms with Crippen molar-refractivity contribution in [2.75, 3.05) is 0 Å².